The molecule has 0 saturated heterocycles. The van der Waals surface area contributed by atoms with E-state index in [1.54, 1.807) is 13.8 Å². The molecule has 2 atom stereocenters. The van der Waals surface area contributed by atoms with Gasteiger partial charge in [0.25, 0.3) is 0 Å². The second-order valence-corrected chi connectivity index (χ2v) is 3.94. The van der Waals surface area contributed by atoms with Crippen molar-refractivity contribution in [2.45, 2.75) is 32.2 Å². The van der Waals surface area contributed by atoms with Gasteiger partial charge >= 0.3 is 5.97 Å². The van der Waals surface area contributed by atoms with E-state index in [0.717, 1.165) is 0 Å². The van der Waals surface area contributed by atoms with Crippen LogP contribution in [0.3, 0.4) is 0 Å². The largest absolute Gasteiger partial charge is 0.465 e. The Morgan fingerprint density at radius 2 is 2.25 bits per heavy atom. The van der Waals surface area contributed by atoms with E-state index in [0.29, 0.717) is 6.61 Å². The third kappa shape index (κ3) is 4.90. The number of hydrogen-bond donors (Lipinski definition) is 2. The van der Waals surface area contributed by atoms with Crippen LogP contribution in [0.4, 0.5) is 0 Å². The number of hydrogen-bond acceptors (Lipinski definition) is 5. The molecule has 0 aromatic carbocycles. The summed E-state index contributed by atoms with van der Waals surface area (Å²) in [4.78, 5) is 11.1. The molecule has 0 aromatic rings. The lowest BCUT2D eigenvalue weighted by Crippen LogP contribution is -2.39. The van der Waals surface area contributed by atoms with Gasteiger partial charge in [0.15, 0.2) is 0 Å². The molecule has 0 heterocycles. The molecule has 0 aliphatic heterocycles. The number of nitrogens with one attached hydrogen (secondary N) is 1. The zero-order chi connectivity index (χ0) is 9.56. The third-order valence-electron chi connectivity index (χ3n) is 1.28. The molecule has 12 heavy (non-hydrogen) atoms. The molecule has 72 valence electrons. The number of thiol groups is 1. The van der Waals surface area contributed by atoms with Crippen molar-refractivity contribution >= 4 is 28.4 Å². The average Bonchev–Trinajstić information content (AvgIpc) is 2.04. The Morgan fingerprint density at radius 3 is 2.67 bits per heavy atom. The van der Waals surface area contributed by atoms with Crippen molar-refractivity contribution in [2.75, 3.05) is 6.61 Å². The molecule has 0 aliphatic rings. The normalized spacial score (nSPS) is 15.3. The van der Waals surface area contributed by atoms with Gasteiger partial charge in [0, 0.05) is 0 Å². The molecule has 0 aliphatic carbocycles. The maximum atomic E-state index is 11.1. The van der Waals surface area contributed by atoms with Gasteiger partial charge < -0.3 is 4.74 Å². The van der Waals surface area contributed by atoms with Crippen LogP contribution in [-0.4, -0.2) is 24.0 Å². The highest BCUT2D eigenvalue weighted by atomic mass is 33.1. The van der Waals surface area contributed by atoms with Crippen LogP contribution in [0.25, 0.3) is 0 Å². The maximum absolute atomic E-state index is 11.1. The fraction of sp³-hybridized carbons (Fsp3) is 0.857. The van der Waals surface area contributed by atoms with E-state index in [4.69, 9.17) is 4.74 Å². The predicted molar refractivity (Wildman–Crippen MR) is 55.3 cm³/mol. The van der Waals surface area contributed by atoms with E-state index in [9.17, 15) is 4.79 Å². The SMILES string of the molecule is CCOC(=O)C(C)NC(C)SS. The van der Waals surface area contributed by atoms with Gasteiger partial charge in [0.1, 0.15) is 6.04 Å². The van der Waals surface area contributed by atoms with Gasteiger partial charge in [-0.25, -0.2) is 0 Å². The average molecular weight is 209 g/mol. The minimum absolute atomic E-state index is 0.146. The number of rotatable bonds is 5. The van der Waals surface area contributed by atoms with Gasteiger partial charge in [-0.15, -0.1) is 11.7 Å². The molecule has 0 spiro atoms. The van der Waals surface area contributed by atoms with Crippen molar-refractivity contribution in [1.82, 2.24) is 5.32 Å². The number of carbonyl (C=O) groups excluding carboxylic acids is 1. The first-order valence-electron chi connectivity index (χ1n) is 3.84. The highest BCUT2D eigenvalue weighted by Crippen LogP contribution is 2.11. The Bertz CT molecular complexity index is 143. The summed E-state index contributed by atoms with van der Waals surface area (Å²) in [5, 5.41) is 3.17. The lowest BCUT2D eigenvalue weighted by Gasteiger charge is -2.15. The van der Waals surface area contributed by atoms with Crippen LogP contribution in [-0.2, 0) is 9.53 Å². The molecule has 0 rings (SSSR count). The molecule has 5 heteroatoms. The van der Waals surface area contributed by atoms with Crippen molar-refractivity contribution in [3.05, 3.63) is 0 Å². The van der Waals surface area contributed by atoms with Crippen LogP contribution in [0.2, 0.25) is 0 Å². The van der Waals surface area contributed by atoms with Gasteiger partial charge in [0.2, 0.25) is 0 Å². The molecule has 0 radical (unpaired) electrons. The van der Waals surface area contributed by atoms with Crippen LogP contribution in [0.1, 0.15) is 20.8 Å². The van der Waals surface area contributed by atoms with E-state index in [1.807, 2.05) is 6.92 Å². The van der Waals surface area contributed by atoms with E-state index in [-0.39, 0.29) is 17.4 Å². The number of ether oxygens (including phenoxy) is 1. The fourth-order valence-corrected chi connectivity index (χ4v) is 1.17. The molecule has 0 bridgehead atoms. The lowest BCUT2D eigenvalue weighted by atomic mass is 10.3. The molecule has 0 saturated carbocycles. The monoisotopic (exact) mass is 209 g/mol. The standard InChI is InChI=1S/C7H15NO2S2/c1-4-10-7(9)5(2)8-6(3)12-11/h5-6,8,11H,4H2,1-3H3. The Morgan fingerprint density at radius 1 is 1.67 bits per heavy atom. The summed E-state index contributed by atoms with van der Waals surface area (Å²) in [5.74, 6) is -0.216. The highest BCUT2D eigenvalue weighted by molar-refractivity contribution is 8.68. The third-order valence-corrected chi connectivity index (χ3v) is 2.68. The second-order valence-electron chi connectivity index (χ2n) is 2.39. The first-order chi connectivity index (χ1) is 5.61. The summed E-state index contributed by atoms with van der Waals surface area (Å²) in [6, 6.07) is -0.264. The summed E-state index contributed by atoms with van der Waals surface area (Å²) in [6.45, 7) is 5.93. The molecule has 0 amide bonds. The summed E-state index contributed by atoms with van der Waals surface area (Å²) in [6.07, 6.45) is 0. The summed E-state index contributed by atoms with van der Waals surface area (Å²) in [7, 11) is 1.36. The van der Waals surface area contributed by atoms with Crippen LogP contribution >= 0.6 is 22.5 Å². The highest BCUT2D eigenvalue weighted by Gasteiger charge is 2.15. The molecular weight excluding hydrogens is 194 g/mol. The quantitative estimate of drug-likeness (QED) is 0.311. The van der Waals surface area contributed by atoms with E-state index >= 15 is 0 Å². The Balaban J connectivity index is 3.70. The molecule has 0 fully saturated rings. The van der Waals surface area contributed by atoms with E-state index in [2.05, 4.69) is 17.0 Å². The first kappa shape index (κ1) is 12.1. The summed E-state index contributed by atoms with van der Waals surface area (Å²) < 4.78 is 4.81. The lowest BCUT2D eigenvalue weighted by molar-refractivity contribution is -0.145. The van der Waals surface area contributed by atoms with Crippen LogP contribution in [0, 0.1) is 0 Å². The fourth-order valence-electron chi connectivity index (χ4n) is 0.718. The predicted octanol–water partition coefficient (Wildman–Crippen LogP) is 1.45. The summed E-state index contributed by atoms with van der Waals surface area (Å²) in [5.41, 5.74) is 0. The van der Waals surface area contributed by atoms with Crippen molar-refractivity contribution in [3.8, 4) is 0 Å². The summed E-state index contributed by atoms with van der Waals surface area (Å²) >= 11 is 4.01. The van der Waals surface area contributed by atoms with Crippen molar-refractivity contribution in [1.29, 1.82) is 0 Å². The van der Waals surface area contributed by atoms with Crippen molar-refractivity contribution < 1.29 is 9.53 Å². The molecular formula is C7H15NO2S2. The van der Waals surface area contributed by atoms with Gasteiger partial charge in [-0.1, -0.05) is 10.8 Å². The zero-order valence-electron chi connectivity index (χ0n) is 7.53. The Kier molecular flexibility index (Phi) is 6.70. The molecule has 0 aromatic heterocycles. The van der Waals surface area contributed by atoms with Gasteiger partial charge in [-0.05, 0) is 20.8 Å². The minimum Gasteiger partial charge on any atom is -0.465 e. The zero-order valence-corrected chi connectivity index (χ0v) is 9.24. The Labute approximate surface area is 82.4 Å². The molecule has 3 nitrogen and oxygen atoms in total. The van der Waals surface area contributed by atoms with Crippen LogP contribution in [0.15, 0.2) is 0 Å². The maximum Gasteiger partial charge on any atom is 0.322 e. The van der Waals surface area contributed by atoms with Gasteiger partial charge in [0.05, 0.1) is 12.0 Å². The first-order valence-corrected chi connectivity index (χ1v) is 5.78. The smallest absolute Gasteiger partial charge is 0.322 e. The van der Waals surface area contributed by atoms with Crippen molar-refractivity contribution in [3.63, 3.8) is 0 Å². The van der Waals surface area contributed by atoms with Gasteiger partial charge in [-0.2, -0.15) is 0 Å². The van der Waals surface area contributed by atoms with E-state index < -0.39 is 0 Å². The molecule has 2 unspecified atom stereocenters. The molecule has 1 N–H and O–H groups in total. The second kappa shape index (κ2) is 6.62. The topological polar surface area (TPSA) is 38.3 Å². The number of esters is 1. The van der Waals surface area contributed by atoms with Crippen LogP contribution < -0.4 is 5.32 Å². The van der Waals surface area contributed by atoms with Gasteiger partial charge in [-0.3, -0.25) is 10.1 Å². The Hall–Kier alpha value is 0.130. The van der Waals surface area contributed by atoms with E-state index in [1.165, 1.54) is 10.8 Å². The van der Waals surface area contributed by atoms with Crippen molar-refractivity contribution in [2.24, 2.45) is 0 Å². The van der Waals surface area contributed by atoms with Crippen LogP contribution in [0.5, 0.6) is 0 Å². The number of carbonyl (C=O) groups is 1. The minimum atomic E-state index is -0.264.